The molecule has 1 N–H and O–H groups in total. The molecule has 0 spiro atoms. The number of hydrogen-bond acceptors (Lipinski definition) is 5. The highest BCUT2D eigenvalue weighted by atomic mass is 32.2. The van der Waals surface area contributed by atoms with Crippen molar-refractivity contribution < 1.29 is 8.42 Å². The van der Waals surface area contributed by atoms with E-state index < -0.39 is 10.0 Å². The zero-order valence-corrected chi connectivity index (χ0v) is 13.8. The van der Waals surface area contributed by atoms with Crippen LogP contribution >= 0.6 is 11.8 Å². The molecule has 0 atom stereocenters. The van der Waals surface area contributed by atoms with Gasteiger partial charge in [0.2, 0.25) is 10.0 Å². The van der Waals surface area contributed by atoms with Crippen LogP contribution in [0.5, 0.6) is 0 Å². The van der Waals surface area contributed by atoms with Gasteiger partial charge in [0, 0.05) is 13.1 Å². The highest BCUT2D eigenvalue weighted by Gasteiger charge is 2.21. The molecule has 1 aromatic rings. The van der Waals surface area contributed by atoms with E-state index in [2.05, 4.69) is 10.3 Å². The number of nitrogens with one attached hydrogen (secondary N) is 1. The lowest BCUT2D eigenvalue weighted by Crippen LogP contribution is -2.30. The number of hydrogen-bond donors (Lipinski definition) is 1. The molecule has 1 aromatic carbocycles. The number of aliphatic imine (C=N–C) groups is 1. The molecule has 21 heavy (non-hydrogen) atoms. The SMILES string of the molecule is CCN(CC)S(=O)(=O)c1ccc(N=C(NC#N)SC)cc1. The van der Waals surface area contributed by atoms with Crippen molar-refractivity contribution in [2.45, 2.75) is 18.7 Å². The molecule has 0 unspecified atom stereocenters. The summed E-state index contributed by atoms with van der Waals surface area (Å²) < 4.78 is 26.0. The van der Waals surface area contributed by atoms with Gasteiger partial charge in [0.05, 0.1) is 10.6 Å². The fraction of sp³-hybridized carbons (Fsp3) is 0.385. The molecule has 8 heteroatoms. The van der Waals surface area contributed by atoms with Gasteiger partial charge in [-0.25, -0.2) is 13.4 Å². The number of benzene rings is 1. The first-order chi connectivity index (χ1) is 9.99. The smallest absolute Gasteiger partial charge is 0.243 e. The Morgan fingerprint density at radius 1 is 1.33 bits per heavy atom. The Morgan fingerprint density at radius 3 is 2.33 bits per heavy atom. The molecule has 0 fully saturated rings. The van der Waals surface area contributed by atoms with Crippen molar-refractivity contribution in [2.24, 2.45) is 4.99 Å². The summed E-state index contributed by atoms with van der Waals surface area (Å²) in [6.45, 7) is 4.47. The number of rotatable bonds is 5. The predicted molar refractivity (Wildman–Crippen MR) is 85.9 cm³/mol. The van der Waals surface area contributed by atoms with E-state index in [-0.39, 0.29) is 4.90 Å². The Balaban J connectivity index is 3.06. The van der Waals surface area contributed by atoms with E-state index in [1.54, 1.807) is 38.4 Å². The molecule has 0 aromatic heterocycles. The average molecular weight is 326 g/mol. The van der Waals surface area contributed by atoms with E-state index in [9.17, 15) is 8.42 Å². The number of amidine groups is 1. The zero-order chi connectivity index (χ0) is 15.9. The maximum atomic E-state index is 12.3. The van der Waals surface area contributed by atoms with Gasteiger partial charge in [-0.3, -0.25) is 5.32 Å². The first kappa shape index (κ1) is 17.5. The van der Waals surface area contributed by atoms with Crippen LogP contribution in [-0.2, 0) is 10.0 Å². The molecule has 0 saturated carbocycles. The molecule has 6 nitrogen and oxygen atoms in total. The summed E-state index contributed by atoms with van der Waals surface area (Å²) in [4.78, 5) is 4.45. The van der Waals surface area contributed by atoms with Crippen LogP contribution < -0.4 is 5.32 Å². The quantitative estimate of drug-likeness (QED) is 0.388. The predicted octanol–water partition coefficient (Wildman–Crippen LogP) is 2.14. The first-order valence-electron chi connectivity index (χ1n) is 6.37. The lowest BCUT2D eigenvalue weighted by Gasteiger charge is -2.18. The van der Waals surface area contributed by atoms with Crippen LogP contribution in [-0.4, -0.2) is 37.2 Å². The fourth-order valence-corrected chi connectivity index (χ4v) is 3.50. The molecule has 114 valence electrons. The van der Waals surface area contributed by atoms with E-state index in [1.807, 2.05) is 0 Å². The van der Waals surface area contributed by atoms with E-state index in [0.717, 1.165) is 0 Å². The lowest BCUT2D eigenvalue weighted by atomic mass is 10.3. The second-order valence-electron chi connectivity index (χ2n) is 3.94. The van der Waals surface area contributed by atoms with Crippen LogP contribution in [0.3, 0.4) is 0 Å². The maximum Gasteiger partial charge on any atom is 0.243 e. The van der Waals surface area contributed by atoms with Gasteiger partial charge in [-0.2, -0.15) is 9.57 Å². The van der Waals surface area contributed by atoms with Crippen LogP contribution in [0.25, 0.3) is 0 Å². The van der Waals surface area contributed by atoms with Gasteiger partial charge in [-0.15, -0.1) is 0 Å². The second kappa shape index (κ2) is 8.02. The van der Waals surface area contributed by atoms with E-state index in [1.165, 1.54) is 28.2 Å². The summed E-state index contributed by atoms with van der Waals surface area (Å²) in [5.41, 5.74) is 0.584. The van der Waals surface area contributed by atoms with Crippen LogP contribution in [0.15, 0.2) is 34.2 Å². The molecule has 0 saturated heterocycles. The fourth-order valence-electron chi connectivity index (χ4n) is 1.69. The van der Waals surface area contributed by atoms with Gasteiger partial charge >= 0.3 is 0 Å². The molecule has 0 heterocycles. The van der Waals surface area contributed by atoms with Crippen LogP contribution in [0.1, 0.15) is 13.8 Å². The minimum Gasteiger partial charge on any atom is -0.271 e. The van der Waals surface area contributed by atoms with E-state index in [0.29, 0.717) is 23.9 Å². The van der Waals surface area contributed by atoms with E-state index in [4.69, 9.17) is 5.26 Å². The summed E-state index contributed by atoms with van der Waals surface area (Å²) >= 11 is 1.30. The Bertz CT molecular complexity index is 629. The molecule has 0 bridgehead atoms. The highest BCUT2D eigenvalue weighted by Crippen LogP contribution is 2.20. The van der Waals surface area contributed by atoms with Crippen LogP contribution in [0.2, 0.25) is 0 Å². The molecular weight excluding hydrogens is 308 g/mol. The van der Waals surface area contributed by atoms with Crippen molar-refractivity contribution in [2.75, 3.05) is 19.3 Å². The van der Waals surface area contributed by atoms with Crippen molar-refractivity contribution in [3.05, 3.63) is 24.3 Å². The number of nitrogens with zero attached hydrogens (tertiary/aromatic N) is 3. The monoisotopic (exact) mass is 326 g/mol. The topological polar surface area (TPSA) is 85.6 Å². The Morgan fingerprint density at radius 2 is 1.90 bits per heavy atom. The van der Waals surface area contributed by atoms with Gasteiger partial charge < -0.3 is 0 Å². The minimum absolute atomic E-state index is 0.240. The van der Waals surface area contributed by atoms with Crippen molar-refractivity contribution in [3.63, 3.8) is 0 Å². The molecule has 1 rings (SSSR count). The van der Waals surface area contributed by atoms with Gasteiger partial charge in [-0.1, -0.05) is 25.6 Å². The number of thioether (sulfide) groups is 1. The Kier molecular flexibility index (Phi) is 6.68. The molecule has 0 aliphatic carbocycles. The summed E-state index contributed by atoms with van der Waals surface area (Å²) in [5.74, 6) is 0. The molecule has 0 aliphatic heterocycles. The van der Waals surface area contributed by atoms with Crippen molar-refractivity contribution in [3.8, 4) is 6.19 Å². The summed E-state index contributed by atoms with van der Waals surface area (Å²) in [5, 5.41) is 11.5. The third kappa shape index (κ3) is 4.46. The largest absolute Gasteiger partial charge is 0.271 e. The summed E-state index contributed by atoms with van der Waals surface area (Å²) in [6.07, 6.45) is 3.59. The van der Waals surface area contributed by atoms with Crippen LogP contribution in [0.4, 0.5) is 5.69 Å². The zero-order valence-electron chi connectivity index (χ0n) is 12.2. The maximum absolute atomic E-state index is 12.3. The third-order valence-electron chi connectivity index (χ3n) is 2.77. The normalized spacial score (nSPS) is 12.2. The van der Waals surface area contributed by atoms with Crippen molar-refractivity contribution in [1.29, 1.82) is 5.26 Å². The Labute approximate surface area is 129 Å². The minimum atomic E-state index is -3.45. The molecule has 0 amide bonds. The molecular formula is C13H18N4O2S2. The van der Waals surface area contributed by atoms with Crippen molar-refractivity contribution >= 4 is 32.6 Å². The van der Waals surface area contributed by atoms with Crippen molar-refractivity contribution in [1.82, 2.24) is 9.62 Å². The number of nitriles is 1. The first-order valence-corrected chi connectivity index (χ1v) is 9.04. The summed E-state index contributed by atoms with van der Waals surface area (Å²) in [6, 6.07) is 6.28. The molecule has 0 radical (unpaired) electrons. The standard InChI is InChI=1S/C13H18N4O2S2/c1-4-17(5-2)21(18,19)12-8-6-11(7-9-12)16-13(20-3)15-10-14/h6-9H,4-5H2,1-3H3,(H,15,16). The Hall–Kier alpha value is -1.56. The summed E-state index contributed by atoms with van der Waals surface area (Å²) in [7, 11) is -3.45. The van der Waals surface area contributed by atoms with Gasteiger partial charge in [0.25, 0.3) is 0 Å². The third-order valence-corrected chi connectivity index (χ3v) is 5.41. The second-order valence-corrected chi connectivity index (χ2v) is 6.67. The van der Waals surface area contributed by atoms with Gasteiger partial charge in [0.1, 0.15) is 0 Å². The van der Waals surface area contributed by atoms with Crippen LogP contribution in [0, 0.1) is 11.5 Å². The number of sulfonamides is 1. The highest BCUT2D eigenvalue weighted by molar-refractivity contribution is 8.13. The lowest BCUT2D eigenvalue weighted by molar-refractivity contribution is 0.445. The molecule has 0 aliphatic rings. The van der Waals surface area contributed by atoms with E-state index >= 15 is 0 Å². The average Bonchev–Trinajstić information content (AvgIpc) is 2.48. The van der Waals surface area contributed by atoms with Gasteiger partial charge in [-0.05, 0) is 30.5 Å². The van der Waals surface area contributed by atoms with Gasteiger partial charge in [0.15, 0.2) is 11.4 Å².